The largest absolute Gasteiger partial charge is 0.363 e. The summed E-state index contributed by atoms with van der Waals surface area (Å²) in [5.41, 5.74) is 0.622. The normalized spacial score (nSPS) is 13.5. The van der Waals surface area contributed by atoms with Crippen molar-refractivity contribution < 1.29 is 18.3 Å². The summed E-state index contributed by atoms with van der Waals surface area (Å²) in [7, 11) is -3.40. The number of benzene rings is 1. The topological polar surface area (TPSA) is 44.8 Å². The molecule has 108 valence electrons. The van der Waals surface area contributed by atoms with Crippen molar-refractivity contribution in [2.45, 2.75) is 26.6 Å². The van der Waals surface area contributed by atoms with Crippen molar-refractivity contribution in [3.8, 4) is 0 Å². The summed E-state index contributed by atoms with van der Waals surface area (Å²) >= 11 is 6.15. The predicted molar refractivity (Wildman–Crippen MR) is 76.7 cm³/mol. The first-order valence-corrected chi connectivity index (χ1v) is 8.32. The van der Waals surface area contributed by atoms with E-state index in [4.69, 9.17) is 25.4 Å². The van der Waals surface area contributed by atoms with Gasteiger partial charge in [-0.2, -0.15) is 0 Å². The van der Waals surface area contributed by atoms with Gasteiger partial charge in [0, 0.05) is 17.2 Å². The molecule has 0 aliphatic carbocycles. The van der Waals surface area contributed by atoms with Gasteiger partial charge in [0.1, 0.15) is 0 Å². The summed E-state index contributed by atoms with van der Waals surface area (Å²) in [6.45, 7) is 6.31. The zero-order chi connectivity index (χ0) is 14.3. The lowest BCUT2D eigenvalue weighted by molar-refractivity contribution is 0.0783. The van der Waals surface area contributed by atoms with Crippen LogP contribution in [-0.4, -0.2) is 19.8 Å². The lowest BCUT2D eigenvalue weighted by Crippen LogP contribution is -2.11. The summed E-state index contributed by atoms with van der Waals surface area (Å²) in [5, 5.41) is 0.487. The average molecular weight is 307 g/mol. The first-order chi connectivity index (χ1) is 9.09. The van der Waals surface area contributed by atoms with Crippen LogP contribution in [0.5, 0.6) is 0 Å². The van der Waals surface area contributed by atoms with Crippen LogP contribution in [0.3, 0.4) is 0 Å². The van der Waals surface area contributed by atoms with Gasteiger partial charge in [0.2, 0.25) is 0 Å². The maximum absolute atomic E-state index is 12.8. The van der Waals surface area contributed by atoms with E-state index in [1.165, 1.54) is 0 Å². The highest BCUT2D eigenvalue weighted by Crippen LogP contribution is 2.62. The molecule has 19 heavy (non-hydrogen) atoms. The molecule has 0 spiro atoms. The molecule has 0 heterocycles. The Hall–Kier alpha value is -0.380. The summed E-state index contributed by atoms with van der Waals surface area (Å²) in [4.78, 5) is 0. The van der Waals surface area contributed by atoms with E-state index in [9.17, 15) is 4.57 Å². The van der Waals surface area contributed by atoms with Crippen molar-refractivity contribution in [2.24, 2.45) is 0 Å². The highest BCUT2D eigenvalue weighted by atomic mass is 35.5. The number of rotatable bonds is 8. The van der Waals surface area contributed by atoms with Crippen LogP contribution in [0, 0.1) is 0 Å². The van der Waals surface area contributed by atoms with Crippen molar-refractivity contribution in [1.29, 1.82) is 0 Å². The van der Waals surface area contributed by atoms with Gasteiger partial charge >= 0.3 is 7.60 Å². The standard InChI is InChI=1S/C13H20ClO4P/c1-4-16-13(11-9-7-8-10-12(11)14)19(15,17-5-2)18-6-3/h7-10,13H,4-6H2,1-3H3. The van der Waals surface area contributed by atoms with E-state index in [1.807, 2.05) is 13.0 Å². The van der Waals surface area contributed by atoms with E-state index in [0.717, 1.165) is 0 Å². The summed E-state index contributed by atoms with van der Waals surface area (Å²) < 4.78 is 29.1. The average Bonchev–Trinajstić information content (AvgIpc) is 2.37. The summed E-state index contributed by atoms with van der Waals surface area (Å²) in [5.74, 6) is -0.800. The number of halogens is 1. The minimum Gasteiger partial charge on any atom is -0.361 e. The van der Waals surface area contributed by atoms with Crippen molar-refractivity contribution >= 4 is 19.2 Å². The Bertz CT molecular complexity index is 428. The molecule has 6 heteroatoms. The van der Waals surface area contributed by atoms with E-state index < -0.39 is 13.4 Å². The minimum absolute atomic E-state index is 0.283. The summed E-state index contributed by atoms with van der Waals surface area (Å²) in [6, 6.07) is 7.12. The van der Waals surface area contributed by atoms with Crippen LogP contribution >= 0.6 is 19.2 Å². The van der Waals surface area contributed by atoms with Crippen LogP contribution < -0.4 is 0 Å². The molecule has 1 aromatic rings. The molecule has 0 radical (unpaired) electrons. The molecule has 0 aromatic heterocycles. The highest BCUT2D eigenvalue weighted by Gasteiger charge is 2.38. The Balaban J connectivity index is 3.17. The molecule has 1 atom stereocenters. The van der Waals surface area contributed by atoms with Crippen molar-refractivity contribution in [1.82, 2.24) is 0 Å². The second kappa shape index (κ2) is 8.03. The van der Waals surface area contributed by atoms with E-state index in [1.54, 1.807) is 32.0 Å². The second-order valence-electron chi connectivity index (χ2n) is 3.70. The molecule has 1 unspecified atom stereocenters. The van der Waals surface area contributed by atoms with Gasteiger partial charge in [0.05, 0.1) is 13.2 Å². The van der Waals surface area contributed by atoms with Crippen molar-refractivity contribution in [2.75, 3.05) is 19.8 Å². The van der Waals surface area contributed by atoms with Crippen LogP contribution in [0.2, 0.25) is 5.02 Å². The first kappa shape index (κ1) is 16.7. The van der Waals surface area contributed by atoms with Crippen LogP contribution in [0.1, 0.15) is 32.2 Å². The zero-order valence-electron chi connectivity index (χ0n) is 11.5. The van der Waals surface area contributed by atoms with Gasteiger partial charge in [0.25, 0.3) is 0 Å². The summed E-state index contributed by atoms with van der Waals surface area (Å²) in [6.07, 6.45) is 0. The quantitative estimate of drug-likeness (QED) is 0.656. The van der Waals surface area contributed by atoms with Gasteiger partial charge in [-0.1, -0.05) is 29.8 Å². The molecular weight excluding hydrogens is 287 g/mol. The monoisotopic (exact) mass is 306 g/mol. The number of ether oxygens (including phenoxy) is 1. The maximum Gasteiger partial charge on any atom is 0.363 e. The molecule has 0 saturated heterocycles. The van der Waals surface area contributed by atoms with E-state index >= 15 is 0 Å². The van der Waals surface area contributed by atoms with E-state index in [0.29, 0.717) is 17.2 Å². The third-order valence-electron chi connectivity index (χ3n) is 2.40. The van der Waals surface area contributed by atoms with Crippen LogP contribution in [0.4, 0.5) is 0 Å². The van der Waals surface area contributed by atoms with Gasteiger partial charge in [-0.3, -0.25) is 4.57 Å². The van der Waals surface area contributed by atoms with Crippen LogP contribution in [0.15, 0.2) is 24.3 Å². The lowest BCUT2D eigenvalue weighted by atomic mass is 10.2. The van der Waals surface area contributed by atoms with Gasteiger partial charge < -0.3 is 13.8 Å². The Morgan fingerprint density at radius 3 is 2.16 bits per heavy atom. The second-order valence-corrected chi connectivity index (χ2v) is 6.18. The Morgan fingerprint density at radius 1 is 1.11 bits per heavy atom. The molecule has 0 saturated carbocycles. The lowest BCUT2D eigenvalue weighted by Gasteiger charge is -2.26. The maximum atomic E-state index is 12.8. The van der Waals surface area contributed by atoms with Crippen molar-refractivity contribution in [3.05, 3.63) is 34.9 Å². The molecule has 0 aliphatic rings. The van der Waals surface area contributed by atoms with Crippen molar-refractivity contribution in [3.63, 3.8) is 0 Å². The third kappa shape index (κ3) is 4.30. The molecule has 0 bridgehead atoms. The molecule has 0 aliphatic heterocycles. The smallest absolute Gasteiger partial charge is 0.361 e. The Labute approximate surface area is 119 Å². The molecular formula is C13H20ClO4P. The highest BCUT2D eigenvalue weighted by molar-refractivity contribution is 7.54. The molecule has 0 amide bonds. The molecule has 0 N–H and O–H groups in total. The van der Waals surface area contributed by atoms with Gasteiger partial charge in [-0.25, -0.2) is 0 Å². The Kier molecular flexibility index (Phi) is 7.05. The minimum atomic E-state index is -3.40. The molecule has 4 nitrogen and oxygen atoms in total. The van der Waals surface area contributed by atoms with E-state index in [-0.39, 0.29) is 13.2 Å². The molecule has 1 aromatic carbocycles. The zero-order valence-corrected chi connectivity index (χ0v) is 13.1. The van der Waals surface area contributed by atoms with Crippen LogP contribution in [-0.2, 0) is 18.3 Å². The SMILES string of the molecule is CCOC(c1ccccc1Cl)P(=O)(OCC)OCC. The van der Waals surface area contributed by atoms with E-state index in [2.05, 4.69) is 0 Å². The van der Waals surface area contributed by atoms with Gasteiger partial charge in [-0.15, -0.1) is 0 Å². The predicted octanol–water partition coefficient (Wildman–Crippen LogP) is 4.64. The van der Waals surface area contributed by atoms with Gasteiger partial charge in [-0.05, 0) is 26.8 Å². The van der Waals surface area contributed by atoms with Crippen LogP contribution in [0.25, 0.3) is 0 Å². The Morgan fingerprint density at radius 2 is 1.68 bits per heavy atom. The fourth-order valence-electron chi connectivity index (χ4n) is 1.72. The number of hydrogen-bond donors (Lipinski definition) is 0. The molecule has 1 rings (SSSR count). The molecule has 0 fully saturated rings. The third-order valence-corrected chi connectivity index (χ3v) is 4.98. The fraction of sp³-hybridized carbons (Fsp3) is 0.538. The van der Waals surface area contributed by atoms with Gasteiger partial charge in [0.15, 0.2) is 5.85 Å². The first-order valence-electron chi connectivity index (χ1n) is 6.33. The fourth-order valence-corrected chi connectivity index (χ4v) is 3.99. The number of hydrogen-bond acceptors (Lipinski definition) is 4.